The molecule has 226 valence electrons. The molecule has 0 radical (unpaired) electrons. The van der Waals surface area contributed by atoms with Gasteiger partial charge in [0.1, 0.15) is 27.3 Å². The van der Waals surface area contributed by atoms with Crippen LogP contribution in [0.25, 0.3) is 75.8 Å². The molecule has 48 heavy (non-hydrogen) atoms. The zero-order valence-electron chi connectivity index (χ0n) is 25.6. The molecule has 3 aromatic heterocycles. The van der Waals surface area contributed by atoms with Crippen molar-refractivity contribution in [3.05, 3.63) is 158 Å². The van der Waals surface area contributed by atoms with E-state index in [-0.39, 0.29) is 0 Å². The average molecular weight is 635 g/mol. The van der Waals surface area contributed by atoms with Crippen LogP contribution in [0.4, 0.5) is 17.1 Å². The molecule has 7 aromatic carbocycles. The van der Waals surface area contributed by atoms with Gasteiger partial charge in [0.2, 0.25) is 0 Å². The lowest BCUT2D eigenvalue weighted by Gasteiger charge is -2.25. The first-order valence-corrected chi connectivity index (χ1v) is 16.8. The maximum atomic E-state index is 6.42. The van der Waals surface area contributed by atoms with Gasteiger partial charge < -0.3 is 13.7 Å². The van der Waals surface area contributed by atoms with Crippen LogP contribution < -0.4 is 4.90 Å². The summed E-state index contributed by atoms with van der Waals surface area (Å²) in [5.41, 5.74) is 11.1. The van der Waals surface area contributed by atoms with E-state index in [1.165, 1.54) is 0 Å². The third kappa shape index (κ3) is 4.33. The summed E-state index contributed by atoms with van der Waals surface area (Å²) in [6.07, 6.45) is 0. The summed E-state index contributed by atoms with van der Waals surface area (Å²) >= 11 is 1.72. The fourth-order valence-corrected chi connectivity index (χ4v) is 7.80. The van der Waals surface area contributed by atoms with Gasteiger partial charge in [-0.15, -0.1) is 11.3 Å². The van der Waals surface area contributed by atoms with Crippen LogP contribution in [0.1, 0.15) is 0 Å². The quantitative estimate of drug-likeness (QED) is 0.189. The van der Waals surface area contributed by atoms with Gasteiger partial charge in [-0.1, -0.05) is 84.9 Å². The third-order valence-corrected chi connectivity index (χ3v) is 10.2. The Morgan fingerprint density at radius 3 is 1.96 bits per heavy atom. The Morgan fingerprint density at radius 1 is 0.438 bits per heavy atom. The first-order valence-electron chi connectivity index (χ1n) is 15.9. The molecule has 5 heteroatoms. The molecule has 0 saturated carbocycles. The summed E-state index contributed by atoms with van der Waals surface area (Å²) in [7, 11) is 0. The fraction of sp³-hybridized carbons (Fsp3) is 0. The Morgan fingerprint density at radius 2 is 1.10 bits per heavy atom. The predicted molar refractivity (Wildman–Crippen MR) is 200 cm³/mol. The van der Waals surface area contributed by atoms with Crippen molar-refractivity contribution in [2.24, 2.45) is 0 Å². The molecule has 10 rings (SSSR count). The monoisotopic (exact) mass is 634 g/mol. The highest BCUT2D eigenvalue weighted by atomic mass is 32.1. The molecule has 0 aliphatic heterocycles. The van der Waals surface area contributed by atoms with Crippen LogP contribution in [0, 0.1) is 0 Å². The zero-order chi connectivity index (χ0) is 31.6. The first kappa shape index (κ1) is 27.0. The van der Waals surface area contributed by atoms with E-state index in [1.54, 1.807) is 11.3 Å². The Labute approximate surface area is 279 Å². The summed E-state index contributed by atoms with van der Waals surface area (Å²) < 4.78 is 13.7. The number of benzene rings is 7. The van der Waals surface area contributed by atoms with Crippen molar-refractivity contribution in [2.75, 3.05) is 4.90 Å². The van der Waals surface area contributed by atoms with Crippen LogP contribution in [0.5, 0.6) is 0 Å². The lowest BCUT2D eigenvalue weighted by atomic mass is 10.0. The van der Waals surface area contributed by atoms with E-state index in [2.05, 4.69) is 138 Å². The van der Waals surface area contributed by atoms with E-state index in [1.807, 2.05) is 24.3 Å². The lowest BCUT2D eigenvalue weighted by Crippen LogP contribution is -2.09. The zero-order valence-corrected chi connectivity index (χ0v) is 26.4. The van der Waals surface area contributed by atoms with Crippen molar-refractivity contribution in [1.29, 1.82) is 0 Å². The molecule has 0 amide bonds. The highest BCUT2D eigenvalue weighted by Gasteiger charge is 2.18. The number of hydrogen-bond donors (Lipinski definition) is 0. The van der Waals surface area contributed by atoms with Gasteiger partial charge in [-0.2, -0.15) is 0 Å². The van der Waals surface area contributed by atoms with E-state index >= 15 is 0 Å². The smallest absolute Gasteiger partial charge is 0.137 e. The highest BCUT2D eigenvalue weighted by Crippen LogP contribution is 2.42. The number of aromatic nitrogens is 1. The first-order chi connectivity index (χ1) is 23.8. The summed E-state index contributed by atoms with van der Waals surface area (Å²) in [6.45, 7) is 0. The molecule has 4 nitrogen and oxygen atoms in total. The number of nitrogens with zero attached hydrogens (tertiary/aromatic N) is 2. The summed E-state index contributed by atoms with van der Waals surface area (Å²) in [5.74, 6) is 0. The van der Waals surface area contributed by atoms with Crippen molar-refractivity contribution >= 4 is 82.5 Å². The van der Waals surface area contributed by atoms with Crippen LogP contribution in [-0.2, 0) is 0 Å². The molecular formula is C43H26N2O2S. The number of fused-ring (bicyclic) bond motifs is 8. The van der Waals surface area contributed by atoms with E-state index in [4.69, 9.17) is 13.8 Å². The molecule has 0 N–H and O–H groups in total. The average Bonchev–Trinajstić information content (AvgIpc) is 3.86. The number of anilines is 3. The van der Waals surface area contributed by atoms with E-state index < -0.39 is 0 Å². The molecule has 0 atom stereocenters. The molecule has 3 heterocycles. The molecule has 0 unspecified atom stereocenters. The van der Waals surface area contributed by atoms with Gasteiger partial charge in [0.05, 0.1) is 15.6 Å². The maximum absolute atomic E-state index is 6.42. The van der Waals surface area contributed by atoms with E-state index in [0.29, 0.717) is 0 Å². The number of para-hydroxylation sites is 2. The molecule has 0 spiro atoms. The second-order valence-corrected chi connectivity index (χ2v) is 13.0. The number of furan rings is 2. The minimum atomic E-state index is 0.857. The van der Waals surface area contributed by atoms with Crippen molar-refractivity contribution in [2.45, 2.75) is 0 Å². The van der Waals surface area contributed by atoms with E-state index in [0.717, 1.165) is 92.9 Å². The number of thiazole rings is 1. The van der Waals surface area contributed by atoms with Crippen LogP contribution in [0.15, 0.2) is 167 Å². The van der Waals surface area contributed by atoms with Crippen molar-refractivity contribution in [3.63, 3.8) is 0 Å². The number of rotatable bonds is 5. The lowest BCUT2D eigenvalue weighted by molar-refractivity contribution is 0.668. The van der Waals surface area contributed by atoms with Gasteiger partial charge in [0, 0.05) is 38.8 Å². The molecule has 10 aromatic rings. The van der Waals surface area contributed by atoms with Crippen LogP contribution >= 0.6 is 11.3 Å². The van der Waals surface area contributed by atoms with E-state index in [9.17, 15) is 0 Å². The van der Waals surface area contributed by atoms with Gasteiger partial charge in [0.25, 0.3) is 0 Å². The Balaban J connectivity index is 1.04. The van der Waals surface area contributed by atoms with Gasteiger partial charge in [-0.05, 0) is 83.9 Å². The molecule has 0 aliphatic rings. The Bertz CT molecular complexity index is 2780. The van der Waals surface area contributed by atoms with Gasteiger partial charge in [-0.3, -0.25) is 0 Å². The second-order valence-electron chi connectivity index (χ2n) is 12.0. The van der Waals surface area contributed by atoms with Crippen molar-refractivity contribution in [3.8, 4) is 21.7 Å². The van der Waals surface area contributed by atoms with Crippen LogP contribution in [0.3, 0.4) is 0 Å². The standard InChI is InChI=1S/C43H26N2O2S/c1-3-9-28(10-4-1)43-44-42-40(48-43)24-23-38-41(42)34-21-17-29(25-39(34)47-38)27-15-18-31(19-16-27)45(30-11-5-2-6-12-30)32-20-22-37-35(26-32)33-13-7-8-14-36(33)46-37/h1-26H. The molecule has 0 aliphatic carbocycles. The fourth-order valence-electron chi connectivity index (χ4n) is 6.82. The maximum Gasteiger partial charge on any atom is 0.137 e. The summed E-state index contributed by atoms with van der Waals surface area (Å²) in [4.78, 5) is 7.36. The highest BCUT2D eigenvalue weighted by molar-refractivity contribution is 7.21. The van der Waals surface area contributed by atoms with Gasteiger partial charge >= 0.3 is 0 Å². The van der Waals surface area contributed by atoms with Crippen LogP contribution in [-0.4, -0.2) is 4.98 Å². The van der Waals surface area contributed by atoms with Gasteiger partial charge in [0.15, 0.2) is 0 Å². The van der Waals surface area contributed by atoms with Gasteiger partial charge in [-0.25, -0.2) is 4.98 Å². The van der Waals surface area contributed by atoms with Crippen molar-refractivity contribution < 1.29 is 8.83 Å². The topological polar surface area (TPSA) is 42.4 Å². The number of hydrogen-bond acceptors (Lipinski definition) is 5. The minimum absolute atomic E-state index is 0.857. The van der Waals surface area contributed by atoms with Crippen LogP contribution in [0.2, 0.25) is 0 Å². The largest absolute Gasteiger partial charge is 0.456 e. The minimum Gasteiger partial charge on any atom is -0.456 e. The molecule has 0 saturated heterocycles. The molecule has 0 bridgehead atoms. The molecular weight excluding hydrogens is 609 g/mol. The SMILES string of the molecule is c1ccc(-c2nc3c(ccc4oc5cc(-c6ccc(N(c7ccccc7)c7ccc8oc9ccccc9c8c7)cc6)ccc5c43)s2)cc1. The molecule has 0 fully saturated rings. The summed E-state index contributed by atoms with van der Waals surface area (Å²) in [6, 6.07) is 54.9. The normalized spacial score (nSPS) is 11.8. The van der Waals surface area contributed by atoms with Crippen molar-refractivity contribution in [1.82, 2.24) is 4.98 Å². The Hall–Kier alpha value is -6.17. The predicted octanol–water partition coefficient (Wildman–Crippen LogP) is 12.9. The summed E-state index contributed by atoms with van der Waals surface area (Å²) in [5, 5.41) is 5.39. The second kappa shape index (κ2) is 10.7. The third-order valence-electron chi connectivity index (χ3n) is 9.11. The Kier molecular flexibility index (Phi) is 6.01.